The Balaban J connectivity index is 2.35. The molecule has 0 aromatic heterocycles. The van der Waals surface area contributed by atoms with E-state index in [0.29, 0.717) is 12.6 Å². The van der Waals surface area contributed by atoms with E-state index in [1.807, 2.05) is 27.7 Å². The topological polar surface area (TPSA) is 58.6 Å². The Labute approximate surface area is 131 Å². The average molecular weight is 318 g/mol. The molecule has 124 valence electrons. The molecule has 0 aliphatic carbocycles. The summed E-state index contributed by atoms with van der Waals surface area (Å²) in [5, 5.41) is 3.68. The largest absolute Gasteiger partial charge is 0.444 e. The van der Waals surface area contributed by atoms with Crippen LogP contribution in [0.3, 0.4) is 0 Å². The number of rotatable bonds is 5. The SMILES string of the molecule is CC(CCNC1CCCN(C(=O)OC(C)(C)C)C1)S(C)=O. The zero-order valence-electron chi connectivity index (χ0n) is 14.0. The summed E-state index contributed by atoms with van der Waals surface area (Å²) in [5.41, 5.74) is -0.446. The summed E-state index contributed by atoms with van der Waals surface area (Å²) in [7, 11) is -0.767. The fourth-order valence-electron chi connectivity index (χ4n) is 2.29. The van der Waals surface area contributed by atoms with Gasteiger partial charge in [-0.05, 0) is 46.6 Å². The molecule has 3 atom stereocenters. The molecule has 0 spiro atoms. The first-order valence-electron chi connectivity index (χ1n) is 7.72. The van der Waals surface area contributed by atoms with Gasteiger partial charge in [-0.1, -0.05) is 6.92 Å². The standard InChI is InChI=1S/C15H30N2O3S/c1-12(21(5)19)8-9-16-13-7-6-10-17(11-13)14(18)20-15(2,3)4/h12-13,16H,6-11H2,1-5H3. The van der Waals surface area contributed by atoms with Gasteiger partial charge in [0, 0.05) is 41.4 Å². The van der Waals surface area contributed by atoms with Crippen molar-refractivity contribution in [2.75, 3.05) is 25.9 Å². The molecule has 0 aromatic rings. The van der Waals surface area contributed by atoms with Crippen LogP contribution in [0, 0.1) is 0 Å². The van der Waals surface area contributed by atoms with Crippen molar-refractivity contribution in [1.29, 1.82) is 0 Å². The normalized spacial score (nSPS) is 22.7. The van der Waals surface area contributed by atoms with E-state index in [1.54, 1.807) is 11.2 Å². The second-order valence-electron chi connectivity index (χ2n) is 6.82. The zero-order valence-corrected chi connectivity index (χ0v) is 14.8. The van der Waals surface area contributed by atoms with Gasteiger partial charge in [0.1, 0.15) is 5.60 Å². The number of carbonyl (C=O) groups is 1. The Morgan fingerprint density at radius 3 is 2.71 bits per heavy atom. The number of amides is 1. The smallest absolute Gasteiger partial charge is 0.410 e. The van der Waals surface area contributed by atoms with Gasteiger partial charge in [-0.3, -0.25) is 4.21 Å². The molecule has 0 saturated carbocycles. The van der Waals surface area contributed by atoms with Gasteiger partial charge in [0.25, 0.3) is 0 Å². The fourth-order valence-corrected chi connectivity index (χ4v) is 2.74. The van der Waals surface area contributed by atoms with Crippen molar-refractivity contribution < 1.29 is 13.7 Å². The third-order valence-corrected chi connectivity index (χ3v) is 4.99. The highest BCUT2D eigenvalue weighted by Gasteiger charge is 2.27. The van der Waals surface area contributed by atoms with Crippen LogP contribution < -0.4 is 5.32 Å². The highest BCUT2D eigenvalue weighted by Crippen LogP contribution is 2.15. The van der Waals surface area contributed by atoms with Gasteiger partial charge in [0.05, 0.1) is 0 Å². The van der Waals surface area contributed by atoms with Gasteiger partial charge < -0.3 is 15.0 Å². The van der Waals surface area contributed by atoms with E-state index < -0.39 is 16.4 Å². The quantitative estimate of drug-likeness (QED) is 0.844. The van der Waals surface area contributed by atoms with Gasteiger partial charge in [0.2, 0.25) is 0 Å². The number of likely N-dealkylation sites (tertiary alicyclic amines) is 1. The van der Waals surface area contributed by atoms with Gasteiger partial charge in [0.15, 0.2) is 0 Å². The fraction of sp³-hybridized carbons (Fsp3) is 0.933. The predicted molar refractivity (Wildman–Crippen MR) is 87.0 cm³/mol. The lowest BCUT2D eigenvalue weighted by molar-refractivity contribution is 0.0188. The number of nitrogens with zero attached hydrogens (tertiary/aromatic N) is 1. The van der Waals surface area contributed by atoms with Gasteiger partial charge in [-0.2, -0.15) is 0 Å². The van der Waals surface area contributed by atoms with Crippen molar-refractivity contribution in [2.45, 2.75) is 63.9 Å². The number of hydrogen-bond acceptors (Lipinski definition) is 4. The molecule has 21 heavy (non-hydrogen) atoms. The number of hydrogen-bond donors (Lipinski definition) is 1. The molecule has 1 amide bonds. The Kier molecular flexibility index (Phi) is 7.13. The molecule has 3 unspecified atom stereocenters. The molecule has 0 aromatic carbocycles. The lowest BCUT2D eigenvalue weighted by Gasteiger charge is -2.34. The summed E-state index contributed by atoms with van der Waals surface area (Å²) in [4.78, 5) is 13.9. The molecule has 0 radical (unpaired) electrons. The van der Waals surface area contributed by atoms with Crippen LogP contribution in [0.5, 0.6) is 0 Å². The second kappa shape index (κ2) is 8.13. The Morgan fingerprint density at radius 2 is 2.14 bits per heavy atom. The minimum absolute atomic E-state index is 0.211. The van der Waals surface area contributed by atoms with Gasteiger partial charge in [-0.15, -0.1) is 0 Å². The molecule has 1 N–H and O–H groups in total. The van der Waals surface area contributed by atoms with E-state index in [0.717, 1.165) is 32.4 Å². The highest BCUT2D eigenvalue weighted by atomic mass is 32.2. The maximum Gasteiger partial charge on any atom is 0.410 e. The van der Waals surface area contributed by atoms with E-state index in [2.05, 4.69) is 5.32 Å². The van der Waals surface area contributed by atoms with Crippen molar-refractivity contribution in [3.63, 3.8) is 0 Å². The van der Waals surface area contributed by atoms with Crippen LogP contribution in [0.25, 0.3) is 0 Å². The van der Waals surface area contributed by atoms with Crippen molar-refractivity contribution in [3.8, 4) is 0 Å². The minimum atomic E-state index is -0.767. The lowest BCUT2D eigenvalue weighted by Crippen LogP contribution is -2.49. The molecule has 0 bridgehead atoms. The van der Waals surface area contributed by atoms with Crippen LogP contribution in [0.15, 0.2) is 0 Å². The molecule has 1 heterocycles. The maximum atomic E-state index is 12.1. The molecule has 6 heteroatoms. The summed E-state index contributed by atoms with van der Waals surface area (Å²) >= 11 is 0. The Morgan fingerprint density at radius 1 is 1.48 bits per heavy atom. The van der Waals surface area contributed by atoms with Crippen LogP contribution >= 0.6 is 0 Å². The van der Waals surface area contributed by atoms with Crippen molar-refractivity contribution in [2.24, 2.45) is 0 Å². The minimum Gasteiger partial charge on any atom is -0.444 e. The number of ether oxygens (including phenoxy) is 1. The average Bonchev–Trinajstić information content (AvgIpc) is 2.36. The third-order valence-electron chi connectivity index (χ3n) is 3.62. The second-order valence-corrected chi connectivity index (χ2v) is 8.62. The molecule has 1 aliphatic heterocycles. The highest BCUT2D eigenvalue weighted by molar-refractivity contribution is 7.84. The van der Waals surface area contributed by atoms with Crippen LogP contribution in [0.2, 0.25) is 0 Å². The molecular weight excluding hydrogens is 288 g/mol. The number of carbonyl (C=O) groups excluding carboxylic acids is 1. The molecule has 1 saturated heterocycles. The van der Waals surface area contributed by atoms with Crippen LogP contribution in [-0.4, -0.2) is 58.0 Å². The summed E-state index contributed by atoms with van der Waals surface area (Å²) < 4.78 is 16.7. The van der Waals surface area contributed by atoms with Crippen molar-refractivity contribution >= 4 is 16.9 Å². The van der Waals surface area contributed by atoms with Crippen LogP contribution in [0.1, 0.15) is 47.0 Å². The van der Waals surface area contributed by atoms with E-state index in [4.69, 9.17) is 4.74 Å². The first-order chi connectivity index (χ1) is 9.69. The number of piperidine rings is 1. The van der Waals surface area contributed by atoms with Crippen molar-refractivity contribution in [3.05, 3.63) is 0 Å². The predicted octanol–water partition coefficient (Wildman–Crippen LogP) is 2.13. The van der Waals surface area contributed by atoms with Crippen LogP contribution in [0.4, 0.5) is 4.79 Å². The summed E-state index contributed by atoms with van der Waals surface area (Å²) in [6.45, 7) is 9.96. The van der Waals surface area contributed by atoms with Crippen LogP contribution in [-0.2, 0) is 15.5 Å². The maximum absolute atomic E-state index is 12.1. The van der Waals surface area contributed by atoms with Gasteiger partial charge >= 0.3 is 6.09 Å². The monoisotopic (exact) mass is 318 g/mol. The lowest BCUT2D eigenvalue weighted by atomic mass is 10.1. The summed E-state index contributed by atoms with van der Waals surface area (Å²) in [6, 6.07) is 0.309. The van der Waals surface area contributed by atoms with E-state index in [-0.39, 0.29) is 11.3 Å². The van der Waals surface area contributed by atoms with E-state index in [9.17, 15) is 9.00 Å². The number of nitrogens with one attached hydrogen (secondary N) is 1. The van der Waals surface area contributed by atoms with E-state index in [1.165, 1.54) is 0 Å². The molecule has 1 aliphatic rings. The Hall–Kier alpha value is -0.620. The van der Waals surface area contributed by atoms with Gasteiger partial charge in [-0.25, -0.2) is 4.79 Å². The zero-order chi connectivity index (χ0) is 16.0. The van der Waals surface area contributed by atoms with Crippen molar-refractivity contribution in [1.82, 2.24) is 10.2 Å². The molecule has 1 fully saturated rings. The summed E-state index contributed by atoms with van der Waals surface area (Å²) in [6.07, 6.45) is 4.48. The third kappa shape index (κ3) is 7.27. The first kappa shape index (κ1) is 18.4. The molecule has 1 rings (SSSR count). The molecule has 5 nitrogen and oxygen atoms in total. The summed E-state index contributed by atoms with van der Waals surface area (Å²) in [5.74, 6) is 0. The van der Waals surface area contributed by atoms with E-state index >= 15 is 0 Å². The first-order valence-corrected chi connectivity index (χ1v) is 9.34. The molecular formula is C15H30N2O3S. The Bertz CT molecular complexity index is 368.